The van der Waals surface area contributed by atoms with E-state index in [1.807, 2.05) is 20.8 Å². The molecule has 2 unspecified atom stereocenters. The molecule has 4 heterocycles. The van der Waals surface area contributed by atoms with E-state index in [4.69, 9.17) is 13.6 Å². The first-order chi connectivity index (χ1) is 24.3. The number of carbonyl (C=O) groups excluding carboxylic acids is 1. The number of aliphatic hydroxyl groups excluding tert-OH is 2. The summed E-state index contributed by atoms with van der Waals surface area (Å²) in [6, 6.07) is 10.4. The van der Waals surface area contributed by atoms with Crippen LogP contribution in [-0.2, 0) is 4.74 Å². The molecule has 0 saturated carbocycles. The van der Waals surface area contributed by atoms with Gasteiger partial charge < -0.3 is 44.6 Å². The number of anilines is 2. The van der Waals surface area contributed by atoms with Crippen LogP contribution >= 0.6 is 0 Å². The molecule has 12 nitrogen and oxygen atoms in total. The van der Waals surface area contributed by atoms with Crippen LogP contribution < -0.4 is 27.2 Å². The van der Waals surface area contributed by atoms with Gasteiger partial charge in [0.15, 0.2) is 0 Å². The Morgan fingerprint density at radius 3 is 1.73 bits per heavy atom. The first-order valence-corrected chi connectivity index (χ1v) is 17.2. The van der Waals surface area contributed by atoms with E-state index in [0.717, 1.165) is 25.9 Å². The van der Waals surface area contributed by atoms with Crippen molar-refractivity contribution in [2.45, 2.75) is 64.3 Å². The summed E-state index contributed by atoms with van der Waals surface area (Å²) in [5.41, 5.74) is -0.0825. The molecule has 2 aliphatic rings. The second-order valence-electron chi connectivity index (χ2n) is 14.0. The summed E-state index contributed by atoms with van der Waals surface area (Å²) in [5.74, 6) is -0.603. The lowest BCUT2D eigenvalue weighted by atomic mass is 9.91. The van der Waals surface area contributed by atoms with Crippen LogP contribution in [0.1, 0.15) is 46.5 Å². The van der Waals surface area contributed by atoms with Crippen LogP contribution in [0.3, 0.4) is 0 Å². The van der Waals surface area contributed by atoms with Gasteiger partial charge in [0.1, 0.15) is 28.4 Å². The summed E-state index contributed by atoms with van der Waals surface area (Å²) in [6.45, 7) is 8.84. The van der Waals surface area contributed by atoms with E-state index in [2.05, 4.69) is 16.0 Å². The Balaban J connectivity index is 0.000000205. The van der Waals surface area contributed by atoms with Crippen molar-refractivity contribution in [3.05, 3.63) is 81.0 Å². The molecule has 14 heteroatoms. The van der Waals surface area contributed by atoms with Gasteiger partial charge in [0.2, 0.25) is 0 Å². The minimum atomic E-state index is -0.674. The number of rotatable bonds is 8. The van der Waals surface area contributed by atoms with Crippen LogP contribution in [0.4, 0.5) is 25.0 Å². The number of nitrogens with zero attached hydrogens (tertiary/aromatic N) is 1. The predicted octanol–water partition coefficient (Wildman–Crippen LogP) is 5.06. The number of benzene rings is 2. The summed E-state index contributed by atoms with van der Waals surface area (Å²) in [5, 5.41) is 31.1. The van der Waals surface area contributed by atoms with Gasteiger partial charge >= 0.3 is 17.3 Å². The molecule has 2 atom stereocenters. The van der Waals surface area contributed by atoms with E-state index in [1.54, 1.807) is 4.90 Å². The largest absolute Gasteiger partial charge is 0.444 e. The van der Waals surface area contributed by atoms with Crippen LogP contribution in [0, 0.1) is 23.5 Å². The molecule has 0 aliphatic carbocycles. The third-order valence-electron chi connectivity index (χ3n) is 9.08. The topological polar surface area (TPSA) is 167 Å². The normalized spacial score (nSPS) is 17.0. The second kappa shape index (κ2) is 16.7. The number of likely N-dealkylation sites (tertiary alicyclic amines) is 1. The second-order valence-corrected chi connectivity index (χ2v) is 14.0. The molecular formula is C37H46F2N4O8. The zero-order chi connectivity index (χ0) is 36.7. The molecule has 2 aromatic carbocycles. The lowest BCUT2D eigenvalue weighted by Crippen LogP contribution is -2.44. The minimum Gasteiger partial charge on any atom is -0.444 e. The average molecular weight is 713 g/mol. The lowest BCUT2D eigenvalue weighted by Gasteiger charge is -2.35. The van der Waals surface area contributed by atoms with Crippen molar-refractivity contribution >= 4 is 39.4 Å². The van der Waals surface area contributed by atoms with Gasteiger partial charge in [-0.15, -0.1) is 0 Å². The average Bonchev–Trinajstić information content (AvgIpc) is 3.09. The fourth-order valence-corrected chi connectivity index (χ4v) is 6.35. The van der Waals surface area contributed by atoms with Gasteiger partial charge in [0.05, 0.1) is 23.6 Å². The zero-order valence-corrected chi connectivity index (χ0v) is 29.0. The van der Waals surface area contributed by atoms with Gasteiger partial charge in [-0.3, -0.25) is 0 Å². The molecule has 6 rings (SSSR count). The molecule has 2 saturated heterocycles. The van der Waals surface area contributed by atoms with Gasteiger partial charge in [-0.2, -0.15) is 0 Å². The van der Waals surface area contributed by atoms with Gasteiger partial charge in [-0.1, -0.05) is 0 Å². The summed E-state index contributed by atoms with van der Waals surface area (Å²) in [6.07, 6.45) is 1.63. The van der Waals surface area contributed by atoms with E-state index >= 15 is 0 Å². The molecule has 2 fully saturated rings. The Bertz CT molecular complexity index is 1910. The van der Waals surface area contributed by atoms with E-state index in [0.29, 0.717) is 60.2 Å². The summed E-state index contributed by atoms with van der Waals surface area (Å²) in [4.78, 5) is 37.1. The van der Waals surface area contributed by atoms with E-state index < -0.39 is 40.7 Å². The number of halogens is 2. The van der Waals surface area contributed by atoms with Crippen molar-refractivity contribution in [2.75, 3.05) is 49.9 Å². The first-order valence-electron chi connectivity index (χ1n) is 17.2. The molecule has 4 aromatic rings. The van der Waals surface area contributed by atoms with Crippen molar-refractivity contribution in [3.8, 4) is 0 Å². The molecule has 2 aromatic heterocycles. The van der Waals surface area contributed by atoms with Crippen LogP contribution in [0.15, 0.2) is 67.0 Å². The van der Waals surface area contributed by atoms with Crippen molar-refractivity contribution in [1.82, 2.24) is 10.2 Å². The monoisotopic (exact) mass is 712 g/mol. The Kier molecular flexibility index (Phi) is 12.3. The molecular weight excluding hydrogens is 666 g/mol. The van der Waals surface area contributed by atoms with Crippen LogP contribution in [0.5, 0.6) is 0 Å². The van der Waals surface area contributed by atoms with E-state index in [9.17, 15) is 33.4 Å². The maximum atomic E-state index is 13.6. The van der Waals surface area contributed by atoms with Gasteiger partial charge in [0.25, 0.3) is 0 Å². The number of amides is 1. The Morgan fingerprint density at radius 2 is 1.27 bits per heavy atom. The van der Waals surface area contributed by atoms with Gasteiger partial charge in [0, 0.05) is 49.1 Å². The molecule has 5 N–H and O–H groups in total. The van der Waals surface area contributed by atoms with Gasteiger partial charge in [-0.25, -0.2) is 23.2 Å². The van der Waals surface area contributed by atoms with Crippen LogP contribution in [0.25, 0.3) is 21.9 Å². The maximum Gasteiger partial charge on any atom is 0.410 e. The van der Waals surface area contributed by atoms with Crippen LogP contribution in [-0.4, -0.2) is 78.3 Å². The first kappa shape index (κ1) is 37.7. The molecule has 0 radical (unpaired) electrons. The van der Waals surface area contributed by atoms with Crippen molar-refractivity contribution in [2.24, 2.45) is 11.8 Å². The number of nitrogens with one attached hydrogen (secondary N) is 3. The quantitative estimate of drug-likeness (QED) is 0.155. The highest BCUT2D eigenvalue weighted by Crippen LogP contribution is 2.26. The number of aliphatic hydroxyl groups is 2. The lowest BCUT2D eigenvalue weighted by molar-refractivity contribution is 0.00943. The fourth-order valence-electron chi connectivity index (χ4n) is 6.35. The molecule has 276 valence electrons. The number of hydrogen-bond acceptors (Lipinski definition) is 11. The Labute approximate surface area is 293 Å². The van der Waals surface area contributed by atoms with Crippen molar-refractivity contribution in [1.29, 1.82) is 0 Å². The van der Waals surface area contributed by atoms with E-state index in [1.165, 1.54) is 48.5 Å². The van der Waals surface area contributed by atoms with Crippen molar-refractivity contribution < 1.29 is 37.4 Å². The number of piperidine rings is 2. The summed E-state index contributed by atoms with van der Waals surface area (Å²) in [7, 11) is 0. The summed E-state index contributed by atoms with van der Waals surface area (Å²) < 4.78 is 42.5. The number of hydrogen-bond donors (Lipinski definition) is 5. The minimum absolute atomic E-state index is 0.00399. The zero-order valence-electron chi connectivity index (χ0n) is 29.0. The molecule has 0 spiro atoms. The Hall–Kier alpha value is -4.53. The highest BCUT2D eigenvalue weighted by molar-refractivity contribution is 5.90. The Morgan fingerprint density at radius 1 is 0.824 bits per heavy atom. The van der Waals surface area contributed by atoms with E-state index in [-0.39, 0.29) is 30.1 Å². The molecule has 51 heavy (non-hydrogen) atoms. The highest BCUT2D eigenvalue weighted by atomic mass is 19.1. The fraction of sp³-hybridized carbons (Fsp3) is 0.486. The number of ether oxygens (including phenoxy) is 1. The SMILES string of the molecule is CC(C)(C)OC(=O)N1CCC(C(O)CNc2cc(=O)oc3ccc(F)cc23)CC1.O=c1cc(NCC(O)C2CCNCC2)c2cc(F)ccc2o1. The highest BCUT2D eigenvalue weighted by Gasteiger charge is 2.30. The van der Waals surface area contributed by atoms with Crippen LogP contribution in [0.2, 0.25) is 0 Å². The molecule has 1 amide bonds. The van der Waals surface area contributed by atoms with Crippen molar-refractivity contribution in [3.63, 3.8) is 0 Å². The predicted molar refractivity (Wildman–Crippen MR) is 190 cm³/mol. The number of carbonyl (C=O) groups is 1. The smallest absolute Gasteiger partial charge is 0.410 e. The van der Waals surface area contributed by atoms with Gasteiger partial charge in [-0.05, 0) is 108 Å². The third-order valence-corrected chi connectivity index (χ3v) is 9.08. The third kappa shape index (κ3) is 10.5. The molecule has 2 aliphatic heterocycles. The maximum absolute atomic E-state index is 13.6. The number of fused-ring (bicyclic) bond motifs is 2. The summed E-state index contributed by atoms with van der Waals surface area (Å²) >= 11 is 0. The standard InChI is InChI=1S/C21H27FN2O5.C16H19FN2O3/c1-21(2,3)29-20(27)24-8-6-13(7-9-24)17(25)12-23-16-11-19(26)28-18-5-4-14(22)10-15(16)18;17-11-1-2-15-12(7-11)13(8-16(21)22-15)19-9-14(20)10-3-5-18-6-4-10/h4-5,10-11,13,17,23,25H,6-9,12H2,1-3H3;1-2,7-8,10,14,18-20H,3-6,9H2. The molecule has 0 bridgehead atoms.